The highest BCUT2D eigenvalue weighted by atomic mass is 79.9. The van der Waals surface area contributed by atoms with Crippen molar-refractivity contribution in [1.29, 1.82) is 0 Å². The predicted molar refractivity (Wildman–Crippen MR) is 106 cm³/mol. The Bertz CT molecular complexity index is 492. The van der Waals surface area contributed by atoms with E-state index in [0.29, 0.717) is 12.6 Å². The van der Waals surface area contributed by atoms with Crippen molar-refractivity contribution in [3.8, 4) is 0 Å². The van der Waals surface area contributed by atoms with Gasteiger partial charge in [0.2, 0.25) is 5.91 Å². The maximum atomic E-state index is 12.4. The van der Waals surface area contributed by atoms with Crippen molar-refractivity contribution in [2.45, 2.75) is 45.2 Å². The largest absolute Gasteiger partial charge is 0.348 e. The van der Waals surface area contributed by atoms with Crippen LogP contribution < -0.4 is 10.6 Å². The van der Waals surface area contributed by atoms with Crippen LogP contribution in [0.4, 0.5) is 0 Å². The summed E-state index contributed by atoms with van der Waals surface area (Å²) in [6, 6.07) is 8.68. The van der Waals surface area contributed by atoms with E-state index >= 15 is 0 Å². The van der Waals surface area contributed by atoms with Gasteiger partial charge in [-0.05, 0) is 63.5 Å². The van der Waals surface area contributed by atoms with E-state index < -0.39 is 0 Å². The Labute approximate surface area is 160 Å². The van der Waals surface area contributed by atoms with E-state index in [0.717, 1.165) is 48.9 Å². The summed E-state index contributed by atoms with van der Waals surface area (Å²) >= 11 is 3.44. The van der Waals surface area contributed by atoms with Crippen molar-refractivity contribution in [1.82, 2.24) is 15.5 Å². The zero-order valence-corrected chi connectivity index (χ0v) is 17.0. The van der Waals surface area contributed by atoms with Crippen molar-refractivity contribution in [2.24, 2.45) is 0 Å². The van der Waals surface area contributed by atoms with Gasteiger partial charge in [0.05, 0.1) is 12.6 Å². The molecule has 136 valence electrons. The van der Waals surface area contributed by atoms with E-state index in [2.05, 4.69) is 38.4 Å². The van der Waals surface area contributed by atoms with Crippen molar-refractivity contribution >= 4 is 34.2 Å². The van der Waals surface area contributed by atoms with Gasteiger partial charge in [-0.1, -0.05) is 35.0 Å². The molecule has 1 unspecified atom stereocenters. The third-order valence-corrected chi connectivity index (χ3v) is 4.96. The highest BCUT2D eigenvalue weighted by molar-refractivity contribution is 9.10. The minimum atomic E-state index is 0. The number of halogens is 2. The Hall–Kier alpha value is -0.620. The lowest BCUT2D eigenvalue weighted by atomic mass is 10.0. The highest BCUT2D eigenvalue weighted by Crippen LogP contribution is 2.17. The Morgan fingerprint density at radius 2 is 1.96 bits per heavy atom. The number of piperidine rings is 1. The molecule has 1 aliphatic rings. The van der Waals surface area contributed by atoms with Crippen LogP contribution in [0.1, 0.15) is 44.7 Å². The lowest BCUT2D eigenvalue weighted by Gasteiger charge is -2.34. The van der Waals surface area contributed by atoms with Crippen LogP contribution in [0, 0.1) is 0 Å². The minimum absolute atomic E-state index is 0. The standard InChI is InChI=1S/C18H28BrN3O.ClH/c1-3-12-22(17-8-10-20-11-9-17)13-18(23)21-14(2)15-4-6-16(19)7-5-15;/h4-7,14,17,20H,3,8-13H2,1-2H3,(H,21,23);1H. The molecule has 1 fully saturated rings. The normalized spacial score (nSPS) is 16.5. The Morgan fingerprint density at radius 3 is 2.54 bits per heavy atom. The van der Waals surface area contributed by atoms with E-state index in [9.17, 15) is 4.79 Å². The Balaban J connectivity index is 0.00000288. The predicted octanol–water partition coefficient (Wildman–Crippen LogP) is 3.51. The van der Waals surface area contributed by atoms with E-state index in [1.165, 1.54) is 0 Å². The maximum Gasteiger partial charge on any atom is 0.234 e. The fourth-order valence-electron chi connectivity index (χ4n) is 3.16. The first-order chi connectivity index (χ1) is 11.1. The number of nitrogens with zero attached hydrogens (tertiary/aromatic N) is 1. The molecule has 1 atom stereocenters. The number of hydrogen-bond acceptors (Lipinski definition) is 3. The molecule has 2 rings (SSSR count). The number of nitrogens with one attached hydrogen (secondary N) is 2. The molecule has 1 heterocycles. The summed E-state index contributed by atoms with van der Waals surface area (Å²) < 4.78 is 1.06. The van der Waals surface area contributed by atoms with Crippen LogP contribution in [0.3, 0.4) is 0 Å². The lowest BCUT2D eigenvalue weighted by Crippen LogP contribution is -2.47. The highest BCUT2D eigenvalue weighted by Gasteiger charge is 2.22. The quantitative estimate of drug-likeness (QED) is 0.712. The second kappa shape index (κ2) is 11.1. The molecule has 0 bridgehead atoms. The molecule has 1 aromatic carbocycles. The summed E-state index contributed by atoms with van der Waals surface area (Å²) in [4.78, 5) is 14.8. The molecule has 0 aromatic heterocycles. The van der Waals surface area contributed by atoms with Crippen LogP contribution in [0.25, 0.3) is 0 Å². The van der Waals surface area contributed by atoms with Gasteiger partial charge in [0.15, 0.2) is 0 Å². The third kappa shape index (κ3) is 6.71. The van der Waals surface area contributed by atoms with Gasteiger partial charge in [-0.3, -0.25) is 9.69 Å². The summed E-state index contributed by atoms with van der Waals surface area (Å²) in [6.45, 7) is 7.82. The van der Waals surface area contributed by atoms with Crippen LogP contribution in [-0.2, 0) is 4.79 Å². The minimum Gasteiger partial charge on any atom is -0.348 e. The van der Waals surface area contributed by atoms with Crippen molar-refractivity contribution in [2.75, 3.05) is 26.2 Å². The molecule has 6 heteroatoms. The van der Waals surface area contributed by atoms with Gasteiger partial charge in [-0.25, -0.2) is 0 Å². The smallest absolute Gasteiger partial charge is 0.234 e. The van der Waals surface area contributed by atoms with Gasteiger partial charge in [-0.2, -0.15) is 0 Å². The van der Waals surface area contributed by atoms with Gasteiger partial charge in [-0.15, -0.1) is 12.4 Å². The molecule has 0 saturated carbocycles. The summed E-state index contributed by atoms with van der Waals surface area (Å²) in [5, 5.41) is 6.52. The summed E-state index contributed by atoms with van der Waals surface area (Å²) in [6.07, 6.45) is 3.35. The average molecular weight is 419 g/mol. The Kier molecular flexibility index (Phi) is 9.89. The topological polar surface area (TPSA) is 44.4 Å². The fourth-order valence-corrected chi connectivity index (χ4v) is 3.42. The molecule has 0 aliphatic carbocycles. The fraction of sp³-hybridized carbons (Fsp3) is 0.611. The van der Waals surface area contributed by atoms with Gasteiger partial charge in [0.1, 0.15) is 0 Å². The number of amides is 1. The average Bonchev–Trinajstić information content (AvgIpc) is 2.55. The van der Waals surface area contributed by atoms with E-state index in [1.54, 1.807) is 0 Å². The summed E-state index contributed by atoms with van der Waals surface area (Å²) in [5.41, 5.74) is 1.13. The van der Waals surface area contributed by atoms with Gasteiger partial charge in [0.25, 0.3) is 0 Å². The third-order valence-electron chi connectivity index (χ3n) is 4.43. The molecule has 1 aromatic rings. The van der Waals surface area contributed by atoms with E-state index in [4.69, 9.17) is 0 Å². The summed E-state index contributed by atoms with van der Waals surface area (Å²) in [7, 11) is 0. The zero-order valence-electron chi connectivity index (χ0n) is 14.6. The first kappa shape index (κ1) is 21.4. The van der Waals surface area contributed by atoms with Crippen molar-refractivity contribution < 1.29 is 4.79 Å². The molecule has 0 spiro atoms. The molecule has 1 amide bonds. The molecule has 4 nitrogen and oxygen atoms in total. The van der Waals surface area contributed by atoms with Gasteiger partial charge < -0.3 is 10.6 Å². The monoisotopic (exact) mass is 417 g/mol. The molecule has 0 radical (unpaired) electrons. The number of rotatable bonds is 7. The second-order valence-corrected chi connectivity index (χ2v) is 7.21. The van der Waals surface area contributed by atoms with Crippen molar-refractivity contribution in [3.63, 3.8) is 0 Å². The first-order valence-electron chi connectivity index (χ1n) is 8.59. The first-order valence-corrected chi connectivity index (χ1v) is 9.39. The van der Waals surface area contributed by atoms with Crippen LogP contribution in [0.5, 0.6) is 0 Å². The number of hydrogen-bond donors (Lipinski definition) is 2. The molecule has 1 aliphatic heterocycles. The summed E-state index contributed by atoms with van der Waals surface area (Å²) in [5.74, 6) is 0.118. The molecule has 2 N–H and O–H groups in total. The van der Waals surface area contributed by atoms with E-state index in [-0.39, 0.29) is 24.4 Å². The molecular weight excluding hydrogens is 390 g/mol. The van der Waals surface area contributed by atoms with Crippen LogP contribution in [0.15, 0.2) is 28.7 Å². The molecule has 24 heavy (non-hydrogen) atoms. The van der Waals surface area contributed by atoms with Gasteiger partial charge >= 0.3 is 0 Å². The zero-order chi connectivity index (χ0) is 16.7. The maximum absolute atomic E-state index is 12.4. The SMILES string of the molecule is CCCN(CC(=O)NC(C)c1ccc(Br)cc1)C1CCNCC1.Cl. The number of carbonyl (C=O) groups excluding carboxylic acids is 1. The lowest BCUT2D eigenvalue weighted by molar-refractivity contribution is -0.123. The Morgan fingerprint density at radius 1 is 1.33 bits per heavy atom. The van der Waals surface area contributed by atoms with Crippen molar-refractivity contribution in [3.05, 3.63) is 34.3 Å². The number of benzene rings is 1. The van der Waals surface area contributed by atoms with Crippen LogP contribution >= 0.6 is 28.3 Å². The number of carbonyl (C=O) groups is 1. The second-order valence-electron chi connectivity index (χ2n) is 6.29. The van der Waals surface area contributed by atoms with E-state index in [1.807, 2.05) is 31.2 Å². The van der Waals surface area contributed by atoms with Crippen LogP contribution in [-0.4, -0.2) is 43.0 Å². The molecular formula is C18H29BrClN3O. The van der Waals surface area contributed by atoms with Crippen LogP contribution in [0.2, 0.25) is 0 Å². The van der Waals surface area contributed by atoms with Gasteiger partial charge in [0, 0.05) is 10.5 Å². The molecule has 1 saturated heterocycles.